The molecule has 78 valence electrons. The summed E-state index contributed by atoms with van der Waals surface area (Å²) in [5.74, 6) is 1.00. The summed E-state index contributed by atoms with van der Waals surface area (Å²) >= 11 is 1.75. The van der Waals surface area contributed by atoms with Crippen LogP contribution in [0.1, 0.15) is 12.8 Å². The van der Waals surface area contributed by atoms with Gasteiger partial charge in [0.1, 0.15) is 5.82 Å². The van der Waals surface area contributed by atoms with E-state index in [0.717, 1.165) is 5.82 Å². The lowest BCUT2D eigenvalue weighted by Crippen LogP contribution is -2.01. The highest BCUT2D eigenvalue weighted by molar-refractivity contribution is 7.13. The van der Waals surface area contributed by atoms with Crippen LogP contribution in [0.4, 0.5) is 5.82 Å². The maximum absolute atomic E-state index is 4.46. The standard InChI is InChI=1S/C11H13N3S/c1-14-9(10-3-2-6-15-10)7-11(13-14)12-8-4-5-8/h2-3,6-8H,4-5H2,1H3,(H,12,13). The largest absolute Gasteiger partial charge is 0.366 e. The number of hydrogen-bond acceptors (Lipinski definition) is 3. The Morgan fingerprint density at radius 3 is 3.07 bits per heavy atom. The van der Waals surface area contributed by atoms with Crippen LogP contribution >= 0.6 is 11.3 Å². The average molecular weight is 219 g/mol. The van der Waals surface area contributed by atoms with Crippen molar-refractivity contribution < 1.29 is 0 Å². The van der Waals surface area contributed by atoms with Crippen LogP contribution in [-0.4, -0.2) is 15.8 Å². The van der Waals surface area contributed by atoms with Crippen molar-refractivity contribution in [3.63, 3.8) is 0 Å². The van der Waals surface area contributed by atoms with Crippen LogP contribution in [0.3, 0.4) is 0 Å². The number of nitrogens with zero attached hydrogens (tertiary/aromatic N) is 2. The summed E-state index contributed by atoms with van der Waals surface area (Å²) in [6.45, 7) is 0. The molecule has 4 heteroatoms. The van der Waals surface area contributed by atoms with Gasteiger partial charge in [-0.05, 0) is 24.3 Å². The second-order valence-corrected chi connectivity index (χ2v) is 4.88. The van der Waals surface area contributed by atoms with Crippen LogP contribution in [0.5, 0.6) is 0 Å². The summed E-state index contributed by atoms with van der Waals surface area (Å²) in [5.41, 5.74) is 1.19. The molecule has 1 aliphatic rings. The van der Waals surface area contributed by atoms with E-state index >= 15 is 0 Å². The minimum atomic E-state index is 0.663. The average Bonchev–Trinajstić information content (AvgIpc) is 2.76. The summed E-state index contributed by atoms with van der Waals surface area (Å²) in [6.07, 6.45) is 2.57. The molecular formula is C11H13N3S. The summed E-state index contributed by atoms with van der Waals surface area (Å²) in [4.78, 5) is 1.27. The lowest BCUT2D eigenvalue weighted by atomic mass is 10.3. The molecule has 0 atom stereocenters. The Hall–Kier alpha value is -1.29. The van der Waals surface area contributed by atoms with E-state index in [9.17, 15) is 0 Å². The normalized spacial score (nSPS) is 15.5. The van der Waals surface area contributed by atoms with Gasteiger partial charge in [-0.15, -0.1) is 11.3 Å². The molecular weight excluding hydrogens is 206 g/mol. The van der Waals surface area contributed by atoms with Crippen LogP contribution in [-0.2, 0) is 7.05 Å². The molecule has 1 N–H and O–H groups in total. The van der Waals surface area contributed by atoms with Crippen molar-refractivity contribution in [1.82, 2.24) is 9.78 Å². The molecule has 1 saturated carbocycles. The molecule has 2 aromatic heterocycles. The molecule has 0 amide bonds. The lowest BCUT2D eigenvalue weighted by Gasteiger charge is -1.96. The first kappa shape index (κ1) is 8.97. The summed E-state index contributed by atoms with van der Waals surface area (Å²) in [6, 6.07) is 6.99. The Kier molecular flexibility index (Phi) is 2.02. The summed E-state index contributed by atoms with van der Waals surface area (Å²) in [7, 11) is 1.99. The Morgan fingerprint density at radius 1 is 1.53 bits per heavy atom. The number of hydrogen-bond donors (Lipinski definition) is 1. The van der Waals surface area contributed by atoms with Crippen LogP contribution in [0, 0.1) is 0 Å². The summed E-state index contributed by atoms with van der Waals surface area (Å²) in [5, 5.41) is 9.96. The molecule has 0 aliphatic heterocycles. The van der Waals surface area contributed by atoms with Gasteiger partial charge in [-0.2, -0.15) is 5.10 Å². The Balaban J connectivity index is 1.90. The third-order valence-corrected chi connectivity index (χ3v) is 3.48. The highest BCUT2D eigenvalue weighted by Gasteiger charge is 2.22. The zero-order chi connectivity index (χ0) is 10.3. The van der Waals surface area contributed by atoms with Crippen LogP contribution in [0.2, 0.25) is 0 Å². The molecule has 1 fully saturated rings. The summed E-state index contributed by atoms with van der Waals surface area (Å²) < 4.78 is 1.94. The topological polar surface area (TPSA) is 29.9 Å². The molecule has 2 heterocycles. The monoisotopic (exact) mass is 219 g/mol. The highest BCUT2D eigenvalue weighted by Crippen LogP contribution is 2.29. The van der Waals surface area contributed by atoms with Gasteiger partial charge in [0, 0.05) is 19.2 Å². The van der Waals surface area contributed by atoms with E-state index in [4.69, 9.17) is 0 Å². The second kappa shape index (κ2) is 3.38. The smallest absolute Gasteiger partial charge is 0.148 e. The fourth-order valence-electron chi connectivity index (χ4n) is 1.63. The molecule has 2 aromatic rings. The van der Waals surface area contributed by atoms with Crippen molar-refractivity contribution in [1.29, 1.82) is 0 Å². The van der Waals surface area contributed by atoms with Gasteiger partial charge in [-0.3, -0.25) is 4.68 Å². The number of thiophene rings is 1. The van der Waals surface area contributed by atoms with Crippen molar-refractivity contribution in [2.45, 2.75) is 18.9 Å². The molecule has 0 radical (unpaired) electrons. The molecule has 0 aromatic carbocycles. The molecule has 0 spiro atoms. The predicted octanol–water partition coefficient (Wildman–Crippen LogP) is 2.72. The minimum Gasteiger partial charge on any atom is -0.366 e. The van der Waals surface area contributed by atoms with Crippen molar-refractivity contribution in [3.05, 3.63) is 23.6 Å². The molecule has 3 nitrogen and oxygen atoms in total. The van der Waals surface area contributed by atoms with E-state index < -0.39 is 0 Å². The number of aromatic nitrogens is 2. The zero-order valence-electron chi connectivity index (χ0n) is 8.60. The molecule has 0 saturated heterocycles. The van der Waals surface area contributed by atoms with Gasteiger partial charge in [0.05, 0.1) is 10.6 Å². The molecule has 3 rings (SSSR count). The number of aryl methyl sites for hydroxylation is 1. The van der Waals surface area contributed by atoms with Crippen LogP contribution < -0.4 is 5.32 Å². The first-order valence-corrected chi connectivity index (χ1v) is 6.05. The minimum absolute atomic E-state index is 0.663. The van der Waals surface area contributed by atoms with E-state index in [-0.39, 0.29) is 0 Å². The fraction of sp³-hybridized carbons (Fsp3) is 0.364. The lowest BCUT2D eigenvalue weighted by molar-refractivity contribution is 0.777. The van der Waals surface area contributed by atoms with Crippen LogP contribution in [0.15, 0.2) is 23.6 Å². The SMILES string of the molecule is Cn1nc(NC2CC2)cc1-c1cccs1. The second-order valence-electron chi connectivity index (χ2n) is 3.93. The van der Waals surface area contributed by atoms with Gasteiger partial charge in [0.25, 0.3) is 0 Å². The molecule has 15 heavy (non-hydrogen) atoms. The van der Waals surface area contributed by atoms with E-state index in [1.807, 2.05) is 11.7 Å². The quantitative estimate of drug-likeness (QED) is 0.860. The zero-order valence-corrected chi connectivity index (χ0v) is 9.42. The van der Waals surface area contributed by atoms with Gasteiger partial charge < -0.3 is 5.32 Å². The van der Waals surface area contributed by atoms with Crippen molar-refractivity contribution in [3.8, 4) is 10.6 Å². The molecule has 0 unspecified atom stereocenters. The Bertz CT molecular complexity index is 454. The number of anilines is 1. The van der Waals surface area contributed by atoms with Gasteiger partial charge >= 0.3 is 0 Å². The molecule has 0 bridgehead atoms. The van der Waals surface area contributed by atoms with Gasteiger partial charge in [0.15, 0.2) is 0 Å². The van der Waals surface area contributed by atoms with Crippen molar-refractivity contribution >= 4 is 17.2 Å². The number of rotatable bonds is 3. The van der Waals surface area contributed by atoms with E-state index in [1.54, 1.807) is 11.3 Å². The predicted molar refractivity (Wildman–Crippen MR) is 63.2 cm³/mol. The number of nitrogens with one attached hydrogen (secondary N) is 1. The van der Waals surface area contributed by atoms with E-state index in [1.165, 1.54) is 23.4 Å². The highest BCUT2D eigenvalue weighted by atomic mass is 32.1. The third kappa shape index (κ3) is 1.77. The first-order chi connectivity index (χ1) is 7.33. The maximum atomic E-state index is 4.46. The van der Waals surface area contributed by atoms with Gasteiger partial charge in [-0.1, -0.05) is 6.07 Å². The molecule has 1 aliphatic carbocycles. The Labute approximate surface area is 92.7 Å². The maximum Gasteiger partial charge on any atom is 0.148 e. The third-order valence-electron chi connectivity index (χ3n) is 2.58. The van der Waals surface area contributed by atoms with Gasteiger partial charge in [0.2, 0.25) is 0 Å². The Morgan fingerprint density at radius 2 is 2.40 bits per heavy atom. The van der Waals surface area contributed by atoms with E-state index in [2.05, 4.69) is 34.0 Å². The van der Waals surface area contributed by atoms with E-state index in [0.29, 0.717) is 6.04 Å². The fourth-order valence-corrected chi connectivity index (χ4v) is 2.40. The van der Waals surface area contributed by atoms with Gasteiger partial charge in [-0.25, -0.2) is 0 Å². The van der Waals surface area contributed by atoms with Crippen LogP contribution in [0.25, 0.3) is 10.6 Å². The van der Waals surface area contributed by atoms with Crippen molar-refractivity contribution in [2.75, 3.05) is 5.32 Å². The van der Waals surface area contributed by atoms with Crippen molar-refractivity contribution in [2.24, 2.45) is 7.05 Å². The first-order valence-electron chi connectivity index (χ1n) is 5.17.